The van der Waals surface area contributed by atoms with Crippen LogP contribution in [0.5, 0.6) is 11.5 Å². The van der Waals surface area contributed by atoms with Gasteiger partial charge in [0.1, 0.15) is 17.1 Å². The third-order valence-electron chi connectivity index (χ3n) is 5.91. The second kappa shape index (κ2) is 14.6. The lowest BCUT2D eigenvalue weighted by molar-refractivity contribution is -0.116. The van der Waals surface area contributed by atoms with Gasteiger partial charge in [0.2, 0.25) is 5.91 Å². The van der Waals surface area contributed by atoms with E-state index in [1.807, 2.05) is 51.2 Å². The van der Waals surface area contributed by atoms with Crippen LogP contribution in [-0.4, -0.2) is 35.4 Å². The molecule has 3 aromatic carbocycles. The van der Waals surface area contributed by atoms with Gasteiger partial charge in [0.25, 0.3) is 0 Å². The van der Waals surface area contributed by atoms with Gasteiger partial charge in [0.15, 0.2) is 0 Å². The first-order valence-corrected chi connectivity index (χ1v) is 13.6. The summed E-state index contributed by atoms with van der Waals surface area (Å²) in [5.41, 5.74) is 6.32. The number of anilines is 2. The maximum absolute atomic E-state index is 11.5. The van der Waals surface area contributed by atoms with E-state index >= 15 is 0 Å². The molecule has 5 rings (SSSR count). The quantitative estimate of drug-likeness (QED) is 0.226. The molecule has 0 aliphatic carbocycles. The number of hydrogen-bond acceptors (Lipinski definition) is 5. The Morgan fingerprint density at radius 2 is 1.73 bits per heavy atom. The van der Waals surface area contributed by atoms with E-state index in [-0.39, 0.29) is 11.5 Å². The van der Waals surface area contributed by atoms with Crippen molar-refractivity contribution in [3.05, 3.63) is 108 Å². The Morgan fingerprint density at radius 1 is 1.00 bits per heavy atom. The van der Waals surface area contributed by atoms with Crippen molar-refractivity contribution in [3.63, 3.8) is 0 Å². The van der Waals surface area contributed by atoms with Crippen molar-refractivity contribution in [2.45, 2.75) is 46.6 Å². The van der Waals surface area contributed by atoms with Gasteiger partial charge in [0.05, 0.1) is 24.9 Å². The number of ether oxygens (including phenoxy) is 2. The number of hydrogen-bond donors (Lipinski definition) is 3. The first kappa shape index (κ1) is 30.0. The monoisotopic (exact) mass is 540 g/mol. The Labute approximate surface area is 237 Å². The molecular weight excluding hydrogens is 500 g/mol. The molecule has 0 bridgehead atoms. The number of benzene rings is 3. The van der Waals surface area contributed by atoms with E-state index < -0.39 is 0 Å². The van der Waals surface area contributed by atoms with Gasteiger partial charge in [-0.2, -0.15) is 5.10 Å². The summed E-state index contributed by atoms with van der Waals surface area (Å²) in [6, 6.07) is 24.3. The number of nitrogens with one attached hydrogen (secondary N) is 3. The fourth-order valence-corrected chi connectivity index (χ4v) is 4.02. The van der Waals surface area contributed by atoms with Gasteiger partial charge >= 0.3 is 0 Å². The van der Waals surface area contributed by atoms with Crippen LogP contribution >= 0.6 is 0 Å². The maximum Gasteiger partial charge on any atom is 0.227 e. The van der Waals surface area contributed by atoms with Gasteiger partial charge in [0, 0.05) is 30.6 Å². The van der Waals surface area contributed by atoms with Crippen molar-refractivity contribution < 1.29 is 14.3 Å². The zero-order valence-electron chi connectivity index (χ0n) is 24.2. The molecule has 0 saturated carbocycles. The molecule has 0 spiro atoms. The topological polar surface area (TPSA) is 88.3 Å². The molecule has 1 aliphatic rings. The zero-order chi connectivity index (χ0) is 29.0. The van der Waals surface area contributed by atoms with Crippen LogP contribution in [0.15, 0.2) is 91.3 Å². The molecule has 40 heavy (non-hydrogen) atoms. The summed E-state index contributed by atoms with van der Waals surface area (Å²) < 4.78 is 11.5. The summed E-state index contributed by atoms with van der Waals surface area (Å²) in [6.07, 6.45) is 5.69. The minimum atomic E-state index is -0.306. The molecule has 2 heterocycles. The molecule has 4 aromatic rings. The van der Waals surface area contributed by atoms with Gasteiger partial charge in [-0.3, -0.25) is 9.89 Å². The second-order valence-corrected chi connectivity index (χ2v) is 9.54. The number of H-pyrrole nitrogens is 1. The number of amides is 1. The predicted molar refractivity (Wildman–Crippen MR) is 164 cm³/mol. The SMILES string of the molecule is CC.CNc1ccc2c(c1)OC(C)(C)C=C2c1ccc(C)cc1.O=C(CCOc1ccccc1)Nc1cn[nH]c1. The Balaban J connectivity index is 0.000000212. The van der Waals surface area contributed by atoms with Crippen molar-refractivity contribution in [2.75, 3.05) is 24.3 Å². The number of carbonyl (C=O) groups is 1. The van der Waals surface area contributed by atoms with Gasteiger partial charge in [-0.05, 0) is 62.2 Å². The average molecular weight is 541 g/mol. The minimum absolute atomic E-state index is 0.0951. The summed E-state index contributed by atoms with van der Waals surface area (Å²) >= 11 is 0. The highest BCUT2D eigenvalue weighted by Gasteiger charge is 2.27. The number of fused-ring (bicyclic) bond motifs is 1. The van der Waals surface area contributed by atoms with E-state index in [1.165, 1.54) is 16.7 Å². The van der Waals surface area contributed by atoms with Crippen LogP contribution in [0.3, 0.4) is 0 Å². The van der Waals surface area contributed by atoms with Crippen molar-refractivity contribution in [3.8, 4) is 11.5 Å². The highest BCUT2D eigenvalue weighted by atomic mass is 16.5. The zero-order valence-corrected chi connectivity index (χ0v) is 24.2. The highest BCUT2D eigenvalue weighted by molar-refractivity contribution is 5.90. The molecule has 0 unspecified atom stereocenters. The van der Waals surface area contributed by atoms with Crippen LogP contribution in [-0.2, 0) is 4.79 Å². The molecular formula is C33H40N4O3. The highest BCUT2D eigenvalue weighted by Crippen LogP contribution is 2.40. The van der Waals surface area contributed by atoms with Gasteiger partial charge in [-0.25, -0.2) is 0 Å². The van der Waals surface area contributed by atoms with E-state index in [4.69, 9.17) is 9.47 Å². The van der Waals surface area contributed by atoms with Crippen LogP contribution in [0.4, 0.5) is 11.4 Å². The number of para-hydroxylation sites is 1. The van der Waals surface area contributed by atoms with Gasteiger partial charge in [-0.1, -0.05) is 61.9 Å². The first-order chi connectivity index (χ1) is 19.3. The molecule has 0 saturated heterocycles. The molecule has 7 heteroatoms. The van der Waals surface area contributed by atoms with E-state index in [9.17, 15) is 4.79 Å². The molecule has 7 nitrogen and oxygen atoms in total. The number of aryl methyl sites for hydroxylation is 1. The number of aromatic nitrogens is 2. The number of nitrogens with zero attached hydrogens (tertiary/aromatic N) is 1. The van der Waals surface area contributed by atoms with E-state index in [0.717, 1.165) is 22.7 Å². The molecule has 1 amide bonds. The largest absolute Gasteiger partial charge is 0.493 e. The van der Waals surface area contributed by atoms with Crippen LogP contribution < -0.4 is 20.1 Å². The molecule has 0 radical (unpaired) electrons. The van der Waals surface area contributed by atoms with Gasteiger partial charge in [-0.15, -0.1) is 0 Å². The van der Waals surface area contributed by atoms with Crippen LogP contribution in [0, 0.1) is 6.92 Å². The van der Waals surface area contributed by atoms with Gasteiger partial charge < -0.3 is 20.1 Å². The molecule has 1 aromatic heterocycles. The number of rotatable bonds is 7. The number of aromatic amines is 1. The molecule has 0 atom stereocenters. The standard InChI is InChI=1S/C19H21NO.C12H13N3O2.C2H6/c1-13-5-7-14(8-6-13)17-12-19(2,3)21-18-11-15(20-4)9-10-16(17)18;16-12(15-10-8-13-14-9-10)6-7-17-11-4-2-1-3-5-11;1-2/h5-12,20H,1-4H3;1-5,8-9H,6-7H2,(H,13,14)(H,15,16);1-2H3. The smallest absolute Gasteiger partial charge is 0.227 e. The van der Waals surface area contributed by atoms with Crippen molar-refractivity contribution >= 4 is 22.9 Å². The summed E-state index contributed by atoms with van der Waals surface area (Å²) in [6.45, 7) is 10.7. The Hall–Kier alpha value is -4.52. The summed E-state index contributed by atoms with van der Waals surface area (Å²) in [5, 5.41) is 12.2. The van der Waals surface area contributed by atoms with E-state index in [1.54, 1.807) is 12.4 Å². The van der Waals surface area contributed by atoms with E-state index in [0.29, 0.717) is 18.7 Å². The fourth-order valence-electron chi connectivity index (χ4n) is 4.02. The molecule has 0 fully saturated rings. The molecule has 1 aliphatic heterocycles. The fraction of sp³-hybridized carbons (Fsp3) is 0.273. The average Bonchev–Trinajstić information content (AvgIpc) is 3.47. The molecule has 3 N–H and O–H groups in total. The molecule has 210 valence electrons. The maximum atomic E-state index is 11.5. The normalized spacial score (nSPS) is 12.6. The lowest BCUT2D eigenvalue weighted by atomic mass is 9.89. The summed E-state index contributed by atoms with van der Waals surface area (Å²) in [5.74, 6) is 1.61. The van der Waals surface area contributed by atoms with E-state index in [2.05, 4.69) is 90.1 Å². The third kappa shape index (κ3) is 8.76. The summed E-state index contributed by atoms with van der Waals surface area (Å²) in [4.78, 5) is 11.5. The van der Waals surface area contributed by atoms with Crippen LogP contribution in [0.1, 0.15) is 50.8 Å². The lowest BCUT2D eigenvalue weighted by Gasteiger charge is -2.31. The van der Waals surface area contributed by atoms with Crippen LogP contribution in [0.2, 0.25) is 0 Å². The number of carbonyl (C=O) groups excluding carboxylic acids is 1. The first-order valence-electron chi connectivity index (χ1n) is 13.6. The second-order valence-electron chi connectivity index (χ2n) is 9.54. The van der Waals surface area contributed by atoms with Crippen molar-refractivity contribution in [2.24, 2.45) is 0 Å². The Morgan fingerprint density at radius 3 is 2.38 bits per heavy atom. The lowest BCUT2D eigenvalue weighted by Crippen LogP contribution is -2.29. The third-order valence-corrected chi connectivity index (χ3v) is 5.91. The Bertz CT molecular complexity index is 1360. The van der Waals surface area contributed by atoms with Crippen LogP contribution in [0.25, 0.3) is 5.57 Å². The minimum Gasteiger partial charge on any atom is -0.493 e. The Kier molecular flexibility index (Phi) is 10.9. The summed E-state index contributed by atoms with van der Waals surface area (Å²) in [7, 11) is 1.92. The van der Waals surface area contributed by atoms with Crippen molar-refractivity contribution in [1.82, 2.24) is 10.2 Å². The van der Waals surface area contributed by atoms with Crippen molar-refractivity contribution in [1.29, 1.82) is 0 Å². The predicted octanol–water partition coefficient (Wildman–Crippen LogP) is 7.48.